The van der Waals surface area contributed by atoms with Crippen molar-refractivity contribution in [2.75, 3.05) is 46.4 Å². The maximum atomic E-state index is 13.4. The summed E-state index contributed by atoms with van der Waals surface area (Å²) in [6.07, 6.45) is 2.02. The molecule has 0 unspecified atom stereocenters. The quantitative estimate of drug-likeness (QED) is 0.624. The zero-order valence-corrected chi connectivity index (χ0v) is 18.7. The van der Waals surface area contributed by atoms with Crippen LogP contribution in [-0.2, 0) is 11.3 Å². The average Bonchev–Trinajstić information content (AvgIpc) is 3.25. The van der Waals surface area contributed by atoms with Crippen molar-refractivity contribution in [1.82, 2.24) is 4.90 Å². The Balaban J connectivity index is 1.87. The van der Waals surface area contributed by atoms with E-state index in [0.29, 0.717) is 35.2 Å². The second-order valence-corrected chi connectivity index (χ2v) is 7.98. The molecule has 0 aliphatic carbocycles. The van der Waals surface area contributed by atoms with Gasteiger partial charge in [-0.2, -0.15) is 0 Å². The minimum atomic E-state index is -0.120. The normalized spacial score (nSPS) is 15.7. The first-order chi connectivity index (χ1) is 14.4. The largest absolute Gasteiger partial charge is 0.493 e. The highest BCUT2D eigenvalue weighted by Crippen LogP contribution is 2.36. The lowest BCUT2D eigenvalue weighted by atomic mass is 10.1. The SMILES string of the molecule is COc1cc(C(=O)N(Cc2ccc(N(C)C)cc2)C[C@@H]2CCCO2)cc(Cl)c1OC. The van der Waals surface area contributed by atoms with E-state index in [9.17, 15) is 4.79 Å². The summed E-state index contributed by atoms with van der Waals surface area (Å²) in [5, 5.41) is 0.340. The van der Waals surface area contributed by atoms with E-state index in [1.165, 1.54) is 14.2 Å². The summed E-state index contributed by atoms with van der Waals surface area (Å²) in [5.41, 5.74) is 2.63. The fourth-order valence-electron chi connectivity index (χ4n) is 3.60. The van der Waals surface area contributed by atoms with Gasteiger partial charge in [-0.1, -0.05) is 23.7 Å². The molecule has 1 amide bonds. The minimum Gasteiger partial charge on any atom is -0.493 e. The number of anilines is 1. The van der Waals surface area contributed by atoms with Gasteiger partial charge >= 0.3 is 0 Å². The molecule has 0 N–H and O–H groups in total. The van der Waals surface area contributed by atoms with Gasteiger partial charge in [-0.05, 0) is 42.7 Å². The molecule has 0 radical (unpaired) electrons. The second-order valence-electron chi connectivity index (χ2n) is 7.58. The van der Waals surface area contributed by atoms with E-state index in [0.717, 1.165) is 30.7 Å². The van der Waals surface area contributed by atoms with Gasteiger partial charge in [0.2, 0.25) is 0 Å². The molecule has 0 aromatic heterocycles. The van der Waals surface area contributed by atoms with Crippen LogP contribution in [0.15, 0.2) is 36.4 Å². The number of carbonyl (C=O) groups is 1. The molecule has 1 saturated heterocycles. The summed E-state index contributed by atoms with van der Waals surface area (Å²) in [7, 11) is 7.05. The van der Waals surface area contributed by atoms with E-state index in [4.69, 9.17) is 25.8 Å². The van der Waals surface area contributed by atoms with Gasteiger partial charge < -0.3 is 24.0 Å². The minimum absolute atomic E-state index is 0.0469. The molecule has 162 valence electrons. The second kappa shape index (κ2) is 10.0. The van der Waals surface area contributed by atoms with E-state index in [1.807, 2.05) is 36.0 Å². The van der Waals surface area contributed by atoms with Gasteiger partial charge in [0, 0.05) is 45.0 Å². The predicted octanol–water partition coefficient (Wildman–Crippen LogP) is 4.24. The average molecular weight is 433 g/mol. The maximum absolute atomic E-state index is 13.4. The molecular formula is C23H29ClN2O4. The number of hydrogen-bond acceptors (Lipinski definition) is 5. The Kier molecular flexibility index (Phi) is 7.45. The molecule has 0 bridgehead atoms. The van der Waals surface area contributed by atoms with Gasteiger partial charge in [-0.3, -0.25) is 4.79 Å². The van der Waals surface area contributed by atoms with Crippen molar-refractivity contribution in [1.29, 1.82) is 0 Å². The zero-order chi connectivity index (χ0) is 21.7. The van der Waals surface area contributed by atoms with Crippen molar-refractivity contribution in [3.63, 3.8) is 0 Å². The van der Waals surface area contributed by atoms with Gasteiger partial charge in [0.25, 0.3) is 5.91 Å². The molecule has 1 aliphatic rings. The van der Waals surface area contributed by atoms with Gasteiger partial charge in [-0.15, -0.1) is 0 Å². The van der Waals surface area contributed by atoms with Crippen LogP contribution in [0, 0.1) is 0 Å². The highest BCUT2D eigenvalue weighted by atomic mass is 35.5. The molecule has 2 aromatic carbocycles. The van der Waals surface area contributed by atoms with Gasteiger partial charge in [0.15, 0.2) is 11.5 Å². The fraction of sp³-hybridized carbons (Fsp3) is 0.435. The molecule has 3 rings (SSSR count). The number of amides is 1. The summed E-state index contributed by atoms with van der Waals surface area (Å²) < 4.78 is 16.4. The molecule has 6 nitrogen and oxygen atoms in total. The van der Waals surface area contributed by atoms with Crippen molar-refractivity contribution in [2.45, 2.75) is 25.5 Å². The Morgan fingerprint density at radius 1 is 1.17 bits per heavy atom. The van der Waals surface area contributed by atoms with Crippen molar-refractivity contribution in [2.24, 2.45) is 0 Å². The van der Waals surface area contributed by atoms with Gasteiger partial charge in [0.05, 0.1) is 25.3 Å². The van der Waals surface area contributed by atoms with Crippen molar-refractivity contribution in [3.05, 3.63) is 52.5 Å². The molecule has 1 atom stereocenters. The van der Waals surface area contributed by atoms with Crippen LogP contribution >= 0.6 is 11.6 Å². The number of rotatable bonds is 8. The third-order valence-electron chi connectivity index (χ3n) is 5.24. The molecule has 0 saturated carbocycles. The van der Waals surface area contributed by atoms with E-state index in [2.05, 4.69) is 12.1 Å². The Labute approximate surface area is 183 Å². The van der Waals surface area contributed by atoms with Gasteiger partial charge in [-0.25, -0.2) is 0 Å². The summed E-state index contributed by atoms with van der Waals surface area (Å²) >= 11 is 6.33. The van der Waals surface area contributed by atoms with Crippen molar-refractivity contribution >= 4 is 23.2 Å². The zero-order valence-electron chi connectivity index (χ0n) is 18.0. The Bertz CT molecular complexity index is 864. The third-order valence-corrected chi connectivity index (χ3v) is 5.52. The molecule has 1 aliphatic heterocycles. The summed E-state index contributed by atoms with van der Waals surface area (Å²) in [6.45, 7) is 1.75. The number of hydrogen-bond donors (Lipinski definition) is 0. The highest BCUT2D eigenvalue weighted by molar-refractivity contribution is 6.32. The predicted molar refractivity (Wildman–Crippen MR) is 119 cm³/mol. The van der Waals surface area contributed by atoms with Crippen molar-refractivity contribution < 1.29 is 19.0 Å². The Hall–Kier alpha value is -2.44. The van der Waals surface area contributed by atoms with E-state index >= 15 is 0 Å². The van der Waals surface area contributed by atoms with Crippen LogP contribution in [0.25, 0.3) is 0 Å². The molecule has 30 heavy (non-hydrogen) atoms. The van der Waals surface area contributed by atoms with Crippen LogP contribution in [0.2, 0.25) is 5.02 Å². The lowest BCUT2D eigenvalue weighted by molar-refractivity contribution is 0.0507. The van der Waals surface area contributed by atoms with Crippen LogP contribution in [-0.4, -0.2) is 58.4 Å². The first-order valence-electron chi connectivity index (χ1n) is 10.0. The molecule has 0 spiro atoms. The standard InChI is InChI=1S/C23H29ClN2O4/c1-25(2)18-9-7-16(8-10-18)14-26(15-19-6-5-11-30-19)23(27)17-12-20(24)22(29-4)21(13-17)28-3/h7-10,12-13,19H,5-6,11,14-15H2,1-4H3/t19-/m0/s1. The smallest absolute Gasteiger partial charge is 0.254 e. The van der Waals surface area contributed by atoms with E-state index < -0.39 is 0 Å². The van der Waals surface area contributed by atoms with Gasteiger partial charge in [0.1, 0.15) is 0 Å². The third kappa shape index (κ3) is 5.18. The van der Waals surface area contributed by atoms with Crippen molar-refractivity contribution in [3.8, 4) is 11.5 Å². The van der Waals surface area contributed by atoms with Crippen LogP contribution in [0.4, 0.5) is 5.69 Å². The fourth-order valence-corrected chi connectivity index (χ4v) is 3.89. The number of methoxy groups -OCH3 is 2. The lowest BCUT2D eigenvalue weighted by Crippen LogP contribution is -2.37. The lowest BCUT2D eigenvalue weighted by Gasteiger charge is -2.26. The summed E-state index contributed by atoms with van der Waals surface area (Å²) in [6, 6.07) is 11.5. The van der Waals surface area contributed by atoms with Crippen LogP contribution < -0.4 is 14.4 Å². The topological polar surface area (TPSA) is 51.2 Å². The first-order valence-corrected chi connectivity index (χ1v) is 10.4. The van der Waals surface area contributed by atoms with E-state index in [-0.39, 0.29) is 12.0 Å². The first kappa shape index (κ1) is 22.2. The van der Waals surface area contributed by atoms with Crippen LogP contribution in [0.5, 0.6) is 11.5 Å². The number of benzene rings is 2. The molecule has 1 heterocycles. The molecular weight excluding hydrogens is 404 g/mol. The monoisotopic (exact) mass is 432 g/mol. The van der Waals surface area contributed by atoms with E-state index in [1.54, 1.807) is 12.1 Å². The number of ether oxygens (including phenoxy) is 3. The molecule has 1 fully saturated rings. The maximum Gasteiger partial charge on any atom is 0.254 e. The number of carbonyl (C=O) groups excluding carboxylic acids is 1. The molecule has 7 heteroatoms. The van der Waals surface area contributed by atoms with Crippen LogP contribution in [0.3, 0.4) is 0 Å². The Morgan fingerprint density at radius 3 is 2.47 bits per heavy atom. The number of halogens is 1. The highest BCUT2D eigenvalue weighted by Gasteiger charge is 2.25. The molecule has 2 aromatic rings. The van der Waals surface area contributed by atoms with Crippen LogP contribution in [0.1, 0.15) is 28.8 Å². The summed E-state index contributed by atoms with van der Waals surface area (Å²) in [4.78, 5) is 17.3. The summed E-state index contributed by atoms with van der Waals surface area (Å²) in [5.74, 6) is 0.728. The number of nitrogens with zero attached hydrogens (tertiary/aromatic N) is 2. The Morgan fingerprint density at radius 2 is 1.90 bits per heavy atom.